The summed E-state index contributed by atoms with van der Waals surface area (Å²) < 4.78 is 0. The first kappa shape index (κ1) is 16.5. The van der Waals surface area contributed by atoms with Gasteiger partial charge in [-0.05, 0) is 37.4 Å². The Morgan fingerprint density at radius 2 is 1.85 bits per heavy atom. The molecule has 0 saturated heterocycles. The number of aromatic nitrogens is 3. The first-order valence-electron chi connectivity index (χ1n) is 8.30. The summed E-state index contributed by atoms with van der Waals surface area (Å²) in [6.45, 7) is 3.88. The summed E-state index contributed by atoms with van der Waals surface area (Å²) in [6, 6.07) is 13.4. The van der Waals surface area contributed by atoms with Gasteiger partial charge >= 0.3 is 0 Å². The normalized spacial score (nSPS) is 12.2. The first-order chi connectivity index (χ1) is 12.6. The van der Waals surface area contributed by atoms with Crippen LogP contribution in [-0.2, 0) is 0 Å². The number of nitrogens with one attached hydrogen (secondary N) is 1. The molecule has 0 spiro atoms. The minimum atomic E-state index is -0.261. The molecule has 1 atom stereocenters. The predicted octanol–water partition coefficient (Wildman–Crippen LogP) is 4.61. The zero-order chi connectivity index (χ0) is 18.1. The van der Waals surface area contributed by atoms with E-state index < -0.39 is 0 Å². The third-order valence-electron chi connectivity index (χ3n) is 4.17. The second kappa shape index (κ2) is 6.72. The van der Waals surface area contributed by atoms with Gasteiger partial charge in [-0.25, -0.2) is 9.97 Å². The summed E-state index contributed by atoms with van der Waals surface area (Å²) >= 11 is 1.62. The molecule has 5 nitrogen and oxygen atoms in total. The molecule has 2 N–H and O–H groups in total. The highest BCUT2D eigenvalue weighted by Gasteiger charge is 2.21. The van der Waals surface area contributed by atoms with E-state index in [9.17, 15) is 5.11 Å². The van der Waals surface area contributed by atoms with Gasteiger partial charge in [0, 0.05) is 33.4 Å². The monoisotopic (exact) mass is 362 g/mol. The summed E-state index contributed by atoms with van der Waals surface area (Å²) in [5, 5.41) is 17.2. The number of aromatic hydroxyl groups is 1. The van der Waals surface area contributed by atoms with Crippen molar-refractivity contribution in [1.82, 2.24) is 15.0 Å². The number of rotatable bonds is 4. The van der Waals surface area contributed by atoms with Crippen LogP contribution in [0.25, 0.3) is 10.9 Å². The number of benzene rings is 1. The molecular formula is C20H18N4OS. The molecule has 4 aromatic rings. The van der Waals surface area contributed by atoms with E-state index in [-0.39, 0.29) is 11.8 Å². The van der Waals surface area contributed by atoms with Crippen LogP contribution >= 0.6 is 11.3 Å². The molecule has 0 saturated carbocycles. The van der Waals surface area contributed by atoms with Gasteiger partial charge in [0.1, 0.15) is 11.3 Å². The van der Waals surface area contributed by atoms with Crippen LogP contribution in [0.3, 0.4) is 0 Å². The predicted molar refractivity (Wildman–Crippen MR) is 105 cm³/mol. The fraction of sp³-hybridized carbons (Fsp3) is 0.150. The van der Waals surface area contributed by atoms with E-state index in [1.165, 1.54) is 0 Å². The smallest absolute Gasteiger partial charge is 0.223 e. The molecule has 0 bridgehead atoms. The molecule has 0 aliphatic heterocycles. The van der Waals surface area contributed by atoms with Crippen LogP contribution in [-0.4, -0.2) is 20.1 Å². The minimum absolute atomic E-state index is 0.179. The second-order valence-corrected chi connectivity index (χ2v) is 7.12. The van der Waals surface area contributed by atoms with E-state index in [2.05, 4.69) is 20.3 Å². The van der Waals surface area contributed by atoms with Gasteiger partial charge in [-0.1, -0.05) is 24.3 Å². The topological polar surface area (TPSA) is 70.9 Å². The summed E-state index contributed by atoms with van der Waals surface area (Å²) in [4.78, 5) is 14.4. The summed E-state index contributed by atoms with van der Waals surface area (Å²) in [5.74, 6) is 0.722. The molecular weight excluding hydrogens is 344 g/mol. The van der Waals surface area contributed by atoms with Crippen molar-refractivity contribution in [3.05, 3.63) is 75.9 Å². The Kier molecular flexibility index (Phi) is 4.26. The zero-order valence-corrected chi connectivity index (χ0v) is 15.3. The third-order valence-corrected chi connectivity index (χ3v) is 5.11. The highest BCUT2D eigenvalue weighted by atomic mass is 32.1. The Bertz CT molecular complexity index is 1040. The zero-order valence-electron chi connectivity index (χ0n) is 14.5. The van der Waals surface area contributed by atoms with E-state index >= 15 is 0 Å². The molecule has 130 valence electrons. The maximum Gasteiger partial charge on any atom is 0.223 e. The fourth-order valence-electron chi connectivity index (χ4n) is 3.06. The van der Waals surface area contributed by atoms with Crippen molar-refractivity contribution in [1.29, 1.82) is 0 Å². The number of phenols is 1. The van der Waals surface area contributed by atoms with E-state index in [0.717, 1.165) is 27.2 Å². The number of aryl methyl sites for hydroxylation is 2. The van der Waals surface area contributed by atoms with Crippen molar-refractivity contribution in [2.45, 2.75) is 19.9 Å². The van der Waals surface area contributed by atoms with Crippen molar-refractivity contribution in [3.8, 4) is 5.75 Å². The number of thiophene rings is 1. The van der Waals surface area contributed by atoms with Gasteiger partial charge in [-0.3, -0.25) is 4.98 Å². The molecule has 0 fully saturated rings. The second-order valence-electron chi connectivity index (χ2n) is 6.15. The number of nitrogens with zero attached hydrogens (tertiary/aromatic N) is 3. The average molecular weight is 362 g/mol. The Morgan fingerprint density at radius 3 is 2.58 bits per heavy atom. The molecule has 3 aromatic heterocycles. The van der Waals surface area contributed by atoms with Gasteiger partial charge < -0.3 is 10.4 Å². The molecule has 3 heterocycles. The van der Waals surface area contributed by atoms with Gasteiger partial charge in [0.05, 0.1) is 6.04 Å². The molecule has 0 amide bonds. The SMILES string of the molecule is Cc1cc(C)nc(NC(c2cccs2)c2ccc3cccnc3c2O)n1. The standard InChI is InChI=1S/C20H18N4OS/c1-12-11-13(2)23-20(22-12)24-18(16-6-4-10-26-16)15-8-7-14-5-3-9-21-17(14)19(15)25/h3-11,18,25H,1-2H3,(H,22,23,24). The Hall–Kier alpha value is -2.99. The lowest BCUT2D eigenvalue weighted by Gasteiger charge is -2.20. The van der Waals surface area contributed by atoms with Crippen LogP contribution in [0.5, 0.6) is 5.75 Å². The van der Waals surface area contributed by atoms with Gasteiger partial charge in [0.25, 0.3) is 0 Å². The Morgan fingerprint density at radius 1 is 1.04 bits per heavy atom. The lowest BCUT2D eigenvalue weighted by molar-refractivity contribution is 0.472. The molecule has 4 rings (SSSR count). The van der Waals surface area contributed by atoms with Gasteiger partial charge in [0.2, 0.25) is 5.95 Å². The fourth-order valence-corrected chi connectivity index (χ4v) is 3.85. The highest BCUT2D eigenvalue weighted by Crippen LogP contribution is 2.37. The van der Waals surface area contributed by atoms with Gasteiger partial charge in [-0.15, -0.1) is 11.3 Å². The van der Waals surface area contributed by atoms with E-state index in [1.54, 1.807) is 17.5 Å². The lowest BCUT2D eigenvalue weighted by atomic mass is 10.0. The molecule has 26 heavy (non-hydrogen) atoms. The van der Waals surface area contributed by atoms with Crippen LogP contribution in [0.1, 0.15) is 27.9 Å². The maximum absolute atomic E-state index is 10.9. The molecule has 0 aliphatic carbocycles. The summed E-state index contributed by atoms with van der Waals surface area (Å²) in [6.07, 6.45) is 1.69. The summed E-state index contributed by atoms with van der Waals surface area (Å²) in [7, 11) is 0. The van der Waals surface area contributed by atoms with Gasteiger partial charge in [0.15, 0.2) is 0 Å². The van der Waals surface area contributed by atoms with Crippen molar-refractivity contribution >= 4 is 28.2 Å². The highest BCUT2D eigenvalue weighted by molar-refractivity contribution is 7.10. The maximum atomic E-state index is 10.9. The minimum Gasteiger partial charge on any atom is -0.505 e. The average Bonchev–Trinajstić information content (AvgIpc) is 3.14. The van der Waals surface area contributed by atoms with Crippen molar-refractivity contribution in [3.63, 3.8) is 0 Å². The number of hydrogen-bond donors (Lipinski definition) is 2. The van der Waals surface area contributed by atoms with E-state index in [4.69, 9.17) is 0 Å². The first-order valence-corrected chi connectivity index (χ1v) is 9.18. The molecule has 0 aliphatic rings. The van der Waals surface area contributed by atoms with Crippen molar-refractivity contribution < 1.29 is 5.11 Å². The van der Waals surface area contributed by atoms with Crippen molar-refractivity contribution in [2.24, 2.45) is 0 Å². The van der Waals surface area contributed by atoms with Crippen LogP contribution < -0.4 is 5.32 Å². The number of anilines is 1. The van der Waals surface area contributed by atoms with Crippen molar-refractivity contribution in [2.75, 3.05) is 5.32 Å². The number of phenolic OH excluding ortho intramolecular Hbond substituents is 1. The Labute approximate surface area is 155 Å². The lowest BCUT2D eigenvalue weighted by Crippen LogP contribution is -2.14. The molecule has 1 unspecified atom stereocenters. The number of pyridine rings is 1. The quantitative estimate of drug-likeness (QED) is 0.555. The van der Waals surface area contributed by atoms with Gasteiger partial charge in [-0.2, -0.15) is 0 Å². The molecule has 0 radical (unpaired) electrons. The third kappa shape index (κ3) is 3.11. The van der Waals surface area contributed by atoms with Crippen LogP contribution in [0.2, 0.25) is 0 Å². The van der Waals surface area contributed by atoms with Crippen LogP contribution in [0.15, 0.2) is 54.0 Å². The van der Waals surface area contributed by atoms with Crippen LogP contribution in [0.4, 0.5) is 5.95 Å². The van der Waals surface area contributed by atoms with Crippen LogP contribution in [0, 0.1) is 13.8 Å². The van der Waals surface area contributed by atoms with E-state index in [0.29, 0.717) is 11.5 Å². The largest absolute Gasteiger partial charge is 0.505 e. The molecule has 1 aromatic carbocycles. The van der Waals surface area contributed by atoms with E-state index in [1.807, 2.05) is 61.7 Å². The summed E-state index contributed by atoms with van der Waals surface area (Å²) in [5.41, 5.74) is 3.14. The Balaban J connectivity index is 1.83. The molecule has 6 heteroatoms. The number of hydrogen-bond acceptors (Lipinski definition) is 6. The number of fused-ring (bicyclic) bond motifs is 1.